The number of aromatic nitrogens is 3. The summed E-state index contributed by atoms with van der Waals surface area (Å²) in [5.41, 5.74) is 2.09. The SMILES string of the molecule is O[C@@H]1[C@H](O)CS[C@H]1c1cnc2c(NCc3cc(F)cc(Cl)c3)nccn12. The number of hydrogen-bond donors (Lipinski definition) is 3. The van der Waals surface area contributed by atoms with Crippen molar-refractivity contribution in [1.29, 1.82) is 0 Å². The summed E-state index contributed by atoms with van der Waals surface area (Å²) in [7, 11) is 0. The lowest BCUT2D eigenvalue weighted by molar-refractivity contribution is 0.0411. The Hall–Kier alpha value is -1.87. The second-order valence-electron chi connectivity index (χ2n) is 6.10. The Morgan fingerprint density at radius 1 is 1.31 bits per heavy atom. The maximum atomic E-state index is 13.5. The quantitative estimate of drug-likeness (QED) is 0.631. The van der Waals surface area contributed by atoms with Crippen LogP contribution in [0.2, 0.25) is 5.02 Å². The lowest BCUT2D eigenvalue weighted by atomic mass is 10.1. The van der Waals surface area contributed by atoms with Crippen LogP contribution in [0.15, 0.2) is 36.8 Å². The first-order valence-electron chi connectivity index (χ1n) is 8.01. The molecule has 1 fully saturated rings. The van der Waals surface area contributed by atoms with Crippen LogP contribution in [0.3, 0.4) is 0 Å². The average molecular weight is 395 g/mol. The van der Waals surface area contributed by atoms with E-state index in [9.17, 15) is 14.6 Å². The molecular formula is C17H16ClFN4O2S. The van der Waals surface area contributed by atoms with Gasteiger partial charge in [0.05, 0.1) is 29.3 Å². The van der Waals surface area contributed by atoms with Crippen molar-refractivity contribution in [1.82, 2.24) is 14.4 Å². The van der Waals surface area contributed by atoms with Crippen LogP contribution in [-0.2, 0) is 6.54 Å². The summed E-state index contributed by atoms with van der Waals surface area (Å²) in [4.78, 5) is 8.70. The number of anilines is 1. The van der Waals surface area contributed by atoms with Gasteiger partial charge in [-0.25, -0.2) is 14.4 Å². The Labute approximate surface area is 158 Å². The number of benzene rings is 1. The second-order valence-corrected chi connectivity index (χ2v) is 7.71. The van der Waals surface area contributed by atoms with Crippen LogP contribution in [0.5, 0.6) is 0 Å². The molecule has 3 N–H and O–H groups in total. The van der Waals surface area contributed by atoms with Crippen LogP contribution in [0.1, 0.15) is 16.5 Å². The summed E-state index contributed by atoms with van der Waals surface area (Å²) in [6, 6.07) is 4.34. The number of aliphatic hydroxyl groups excluding tert-OH is 2. The van der Waals surface area contributed by atoms with E-state index in [-0.39, 0.29) is 5.25 Å². The standard InChI is InChI=1S/C17H16ClFN4O2S/c18-10-3-9(4-11(19)5-10)6-21-16-17-22-7-12(23(17)2-1-20-16)15-14(25)13(24)8-26-15/h1-5,7,13-15,24-25H,6,8H2,(H,20,21)/t13-,14-,15+/m1/s1. The lowest BCUT2D eigenvalue weighted by Crippen LogP contribution is -2.25. The van der Waals surface area contributed by atoms with Crippen molar-refractivity contribution in [2.75, 3.05) is 11.1 Å². The number of hydrogen-bond acceptors (Lipinski definition) is 6. The Balaban J connectivity index is 1.61. The number of fused-ring (bicyclic) bond motifs is 1. The fourth-order valence-corrected chi connectivity index (χ4v) is 4.60. The lowest BCUT2D eigenvalue weighted by Gasteiger charge is -2.15. The van der Waals surface area contributed by atoms with E-state index in [1.54, 1.807) is 24.7 Å². The molecule has 136 valence electrons. The van der Waals surface area contributed by atoms with E-state index in [0.29, 0.717) is 34.3 Å². The molecule has 1 saturated heterocycles. The minimum absolute atomic E-state index is 0.253. The Bertz CT molecular complexity index is 933. The molecule has 4 rings (SSSR count). The number of halogens is 2. The van der Waals surface area contributed by atoms with Crippen molar-refractivity contribution in [3.63, 3.8) is 0 Å². The zero-order valence-electron chi connectivity index (χ0n) is 13.5. The highest BCUT2D eigenvalue weighted by molar-refractivity contribution is 7.99. The predicted molar refractivity (Wildman–Crippen MR) is 98.9 cm³/mol. The monoisotopic (exact) mass is 394 g/mol. The molecule has 1 aliphatic heterocycles. The van der Waals surface area contributed by atoms with Gasteiger partial charge in [-0.05, 0) is 23.8 Å². The van der Waals surface area contributed by atoms with E-state index in [1.165, 1.54) is 23.9 Å². The molecule has 6 nitrogen and oxygen atoms in total. The van der Waals surface area contributed by atoms with Gasteiger partial charge >= 0.3 is 0 Å². The highest BCUT2D eigenvalue weighted by atomic mass is 35.5. The zero-order valence-corrected chi connectivity index (χ0v) is 15.1. The van der Waals surface area contributed by atoms with Crippen LogP contribution < -0.4 is 5.32 Å². The van der Waals surface area contributed by atoms with E-state index >= 15 is 0 Å². The number of aliphatic hydroxyl groups is 2. The van der Waals surface area contributed by atoms with Gasteiger partial charge in [0.1, 0.15) is 5.82 Å². The molecular weight excluding hydrogens is 379 g/mol. The molecule has 3 aromatic rings. The molecule has 0 saturated carbocycles. The van der Waals surface area contributed by atoms with Gasteiger partial charge in [-0.2, -0.15) is 0 Å². The minimum Gasteiger partial charge on any atom is -0.390 e. The van der Waals surface area contributed by atoms with Crippen LogP contribution in [0.25, 0.3) is 5.65 Å². The van der Waals surface area contributed by atoms with E-state index in [1.807, 2.05) is 4.40 Å². The predicted octanol–water partition coefficient (Wildman–Crippen LogP) is 2.64. The van der Waals surface area contributed by atoms with Crippen molar-refractivity contribution < 1.29 is 14.6 Å². The first kappa shape index (κ1) is 17.5. The molecule has 0 unspecified atom stereocenters. The maximum absolute atomic E-state index is 13.5. The third-order valence-electron chi connectivity index (χ3n) is 4.28. The molecule has 0 bridgehead atoms. The van der Waals surface area contributed by atoms with Gasteiger partial charge in [0.25, 0.3) is 0 Å². The zero-order chi connectivity index (χ0) is 18.3. The summed E-state index contributed by atoms with van der Waals surface area (Å²) in [5, 5.41) is 23.2. The van der Waals surface area contributed by atoms with Gasteiger partial charge in [-0.3, -0.25) is 4.40 Å². The molecule has 26 heavy (non-hydrogen) atoms. The molecule has 1 aliphatic rings. The summed E-state index contributed by atoms with van der Waals surface area (Å²) in [6.07, 6.45) is 3.49. The van der Waals surface area contributed by atoms with Crippen LogP contribution in [0.4, 0.5) is 10.2 Å². The number of rotatable bonds is 4. The number of thioether (sulfide) groups is 1. The molecule has 2 aromatic heterocycles. The van der Waals surface area contributed by atoms with E-state index in [0.717, 1.165) is 5.69 Å². The van der Waals surface area contributed by atoms with Gasteiger partial charge in [0.2, 0.25) is 0 Å². The van der Waals surface area contributed by atoms with Crippen molar-refractivity contribution in [3.8, 4) is 0 Å². The number of imidazole rings is 1. The number of nitrogens with one attached hydrogen (secondary N) is 1. The third-order valence-corrected chi connectivity index (χ3v) is 5.91. The smallest absolute Gasteiger partial charge is 0.180 e. The minimum atomic E-state index is -0.834. The fourth-order valence-electron chi connectivity index (χ4n) is 3.03. The Morgan fingerprint density at radius 3 is 2.88 bits per heavy atom. The van der Waals surface area contributed by atoms with E-state index < -0.39 is 18.0 Å². The molecule has 0 spiro atoms. The van der Waals surface area contributed by atoms with Gasteiger partial charge in [0.15, 0.2) is 11.5 Å². The molecule has 1 aromatic carbocycles. The van der Waals surface area contributed by atoms with Crippen LogP contribution in [-0.4, -0.2) is 42.5 Å². The van der Waals surface area contributed by atoms with Gasteiger partial charge in [-0.1, -0.05) is 11.6 Å². The van der Waals surface area contributed by atoms with E-state index in [2.05, 4.69) is 15.3 Å². The largest absolute Gasteiger partial charge is 0.390 e. The normalized spacial score (nSPS) is 22.8. The van der Waals surface area contributed by atoms with Crippen molar-refractivity contribution in [3.05, 3.63) is 58.9 Å². The maximum Gasteiger partial charge on any atom is 0.180 e. The van der Waals surface area contributed by atoms with Gasteiger partial charge < -0.3 is 15.5 Å². The molecule has 0 aliphatic carbocycles. The average Bonchev–Trinajstić information content (AvgIpc) is 3.16. The number of nitrogens with zero attached hydrogens (tertiary/aromatic N) is 3. The fraction of sp³-hybridized carbons (Fsp3) is 0.294. The first-order valence-corrected chi connectivity index (χ1v) is 9.44. The Kier molecular flexibility index (Phi) is 4.74. The third kappa shape index (κ3) is 3.25. The highest BCUT2D eigenvalue weighted by Crippen LogP contribution is 2.40. The first-order chi connectivity index (χ1) is 12.5. The van der Waals surface area contributed by atoms with Crippen molar-refractivity contribution in [2.24, 2.45) is 0 Å². The van der Waals surface area contributed by atoms with Crippen molar-refractivity contribution >= 4 is 34.8 Å². The van der Waals surface area contributed by atoms with Crippen LogP contribution >= 0.6 is 23.4 Å². The summed E-state index contributed by atoms with van der Waals surface area (Å²) in [5.74, 6) is 0.627. The van der Waals surface area contributed by atoms with Crippen molar-refractivity contribution in [2.45, 2.75) is 24.0 Å². The summed E-state index contributed by atoms with van der Waals surface area (Å²) in [6.45, 7) is 0.339. The molecule has 3 heterocycles. The summed E-state index contributed by atoms with van der Waals surface area (Å²) < 4.78 is 15.3. The molecule has 9 heteroatoms. The van der Waals surface area contributed by atoms with Crippen LogP contribution in [0, 0.1) is 5.82 Å². The second kappa shape index (κ2) is 7.03. The topological polar surface area (TPSA) is 82.7 Å². The Morgan fingerprint density at radius 2 is 2.15 bits per heavy atom. The van der Waals surface area contributed by atoms with Gasteiger partial charge in [0, 0.05) is 29.7 Å². The molecule has 0 radical (unpaired) electrons. The highest BCUT2D eigenvalue weighted by Gasteiger charge is 2.37. The molecule has 0 amide bonds. The van der Waals surface area contributed by atoms with Gasteiger partial charge in [-0.15, -0.1) is 11.8 Å². The van der Waals surface area contributed by atoms with E-state index in [4.69, 9.17) is 11.6 Å². The molecule has 3 atom stereocenters. The summed E-state index contributed by atoms with van der Waals surface area (Å²) >= 11 is 7.37.